The van der Waals surface area contributed by atoms with Crippen LogP contribution < -0.4 is 11.1 Å². The number of nitrogen functional groups attached to an aromatic ring is 1. The van der Waals surface area contributed by atoms with Crippen LogP contribution in [0.4, 0.5) is 10.1 Å². The van der Waals surface area contributed by atoms with Gasteiger partial charge in [-0.25, -0.2) is 4.39 Å². The number of aryl methyl sites for hydroxylation is 2. The smallest absolute Gasteiger partial charge is 0.251 e. The van der Waals surface area contributed by atoms with E-state index >= 15 is 0 Å². The number of nitrogens with two attached hydrogens (primary N) is 1. The average Bonchev–Trinajstić information content (AvgIpc) is 2.44. The molecule has 0 unspecified atom stereocenters. The van der Waals surface area contributed by atoms with Gasteiger partial charge < -0.3 is 11.1 Å². The fourth-order valence-electron chi connectivity index (χ4n) is 2.11. The van der Waals surface area contributed by atoms with E-state index in [1.165, 1.54) is 0 Å². The number of carbonyl (C=O) groups is 1. The van der Waals surface area contributed by atoms with Crippen LogP contribution in [0.1, 0.15) is 27.0 Å². The van der Waals surface area contributed by atoms with Crippen LogP contribution in [0, 0.1) is 19.7 Å². The third-order valence-corrected chi connectivity index (χ3v) is 3.93. The van der Waals surface area contributed by atoms with Crippen LogP contribution in [-0.2, 0) is 6.54 Å². The molecule has 0 saturated heterocycles. The van der Waals surface area contributed by atoms with Gasteiger partial charge in [-0.3, -0.25) is 4.79 Å². The first kappa shape index (κ1) is 15.5. The third kappa shape index (κ3) is 3.61. The highest BCUT2D eigenvalue weighted by molar-refractivity contribution is 9.10. The minimum Gasteiger partial charge on any atom is -0.398 e. The summed E-state index contributed by atoms with van der Waals surface area (Å²) < 4.78 is 14.3. The lowest BCUT2D eigenvalue weighted by Crippen LogP contribution is -2.23. The van der Waals surface area contributed by atoms with Crippen molar-refractivity contribution in [1.29, 1.82) is 0 Å². The van der Waals surface area contributed by atoms with Crippen LogP contribution in [0.3, 0.4) is 0 Å². The van der Waals surface area contributed by atoms with Gasteiger partial charge in [-0.2, -0.15) is 0 Å². The van der Waals surface area contributed by atoms with Gasteiger partial charge in [0.2, 0.25) is 0 Å². The molecule has 0 bridgehead atoms. The van der Waals surface area contributed by atoms with E-state index in [2.05, 4.69) is 21.2 Å². The largest absolute Gasteiger partial charge is 0.398 e. The Morgan fingerprint density at radius 3 is 2.43 bits per heavy atom. The zero-order valence-corrected chi connectivity index (χ0v) is 13.4. The Hall–Kier alpha value is -1.88. The number of benzene rings is 2. The maximum atomic E-state index is 13.6. The number of amides is 1. The molecular weight excluding hydrogens is 335 g/mol. The Morgan fingerprint density at radius 1 is 1.24 bits per heavy atom. The second-order valence-electron chi connectivity index (χ2n) is 4.96. The molecular formula is C16H16BrFN2O. The summed E-state index contributed by atoms with van der Waals surface area (Å²) in [6, 6.07) is 8.51. The minimum atomic E-state index is -0.214. The summed E-state index contributed by atoms with van der Waals surface area (Å²) >= 11 is 3.28. The number of anilines is 1. The Kier molecular flexibility index (Phi) is 4.63. The average molecular weight is 351 g/mol. The molecule has 0 atom stereocenters. The van der Waals surface area contributed by atoms with Crippen LogP contribution in [-0.4, -0.2) is 5.91 Å². The van der Waals surface area contributed by atoms with Gasteiger partial charge in [0.25, 0.3) is 5.91 Å². The van der Waals surface area contributed by atoms with E-state index in [0.29, 0.717) is 28.9 Å². The molecule has 0 aliphatic carbocycles. The summed E-state index contributed by atoms with van der Waals surface area (Å²) in [5, 5.41) is 2.80. The summed E-state index contributed by atoms with van der Waals surface area (Å²) in [4.78, 5) is 12.1. The van der Waals surface area contributed by atoms with Gasteiger partial charge in [0.1, 0.15) is 5.82 Å². The molecule has 0 fully saturated rings. The second-order valence-corrected chi connectivity index (χ2v) is 5.82. The number of halogens is 2. The van der Waals surface area contributed by atoms with E-state index < -0.39 is 0 Å². The zero-order chi connectivity index (χ0) is 15.6. The molecule has 0 heterocycles. The van der Waals surface area contributed by atoms with Crippen molar-refractivity contribution in [1.82, 2.24) is 5.32 Å². The molecule has 0 aromatic heterocycles. The summed E-state index contributed by atoms with van der Waals surface area (Å²) in [6.45, 7) is 3.77. The molecule has 2 aromatic rings. The Balaban J connectivity index is 2.09. The first-order chi connectivity index (χ1) is 9.88. The molecule has 5 heteroatoms. The molecule has 0 radical (unpaired) electrons. The predicted molar refractivity (Wildman–Crippen MR) is 85.6 cm³/mol. The Morgan fingerprint density at radius 2 is 1.86 bits per heavy atom. The number of rotatable bonds is 3. The Labute approximate surface area is 131 Å². The quantitative estimate of drug-likeness (QED) is 0.829. The summed E-state index contributed by atoms with van der Waals surface area (Å²) in [6.07, 6.45) is 0. The maximum Gasteiger partial charge on any atom is 0.251 e. The summed E-state index contributed by atoms with van der Waals surface area (Å²) in [5.74, 6) is -0.417. The van der Waals surface area contributed by atoms with Crippen LogP contribution in [0.25, 0.3) is 0 Å². The number of nitrogens with one attached hydrogen (secondary N) is 1. The SMILES string of the molecule is Cc1cc(CNC(=O)c2ccc(Br)c(N)c2)cc(C)c1F. The first-order valence-electron chi connectivity index (χ1n) is 6.47. The van der Waals surface area contributed by atoms with E-state index in [1.807, 2.05) is 0 Å². The second kappa shape index (κ2) is 6.26. The van der Waals surface area contributed by atoms with Crippen molar-refractivity contribution in [2.75, 3.05) is 5.73 Å². The highest BCUT2D eigenvalue weighted by Crippen LogP contribution is 2.20. The lowest BCUT2D eigenvalue weighted by molar-refractivity contribution is 0.0951. The van der Waals surface area contributed by atoms with Crippen molar-refractivity contribution in [2.45, 2.75) is 20.4 Å². The minimum absolute atomic E-state index is 0.203. The van der Waals surface area contributed by atoms with Gasteiger partial charge in [0, 0.05) is 22.3 Å². The van der Waals surface area contributed by atoms with Crippen molar-refractivity contribution in [2.24, 2.45) is 0 Å². The molecule has 21 heavy (non-hydrogen) atoms. The van der Waals surface area contributed by atoms with E-state index in [-0.39, 0.29) is 11.7 Å². The van der Waals surface area contributed by atoms with Crippen molar-refractivity contribution < 1.29 is 9.18 Å². The van der Waals surface area contributed by atoms with E-state index in [1.54, 1.807) is 44.2 Å². The van der Waals surface area contributed by atoms with Gasteiger partial charge in [0.15, 0.2) is 0 Å². The third-order valence-electron chi connectivity index (χ3n) is 3.21. The number of carbonyl (C=O) groups excluding carboxylic acids is 1. The standard InChI is InChI=1S/C16H16BrFN2O/c1-9-5-11(6-10(2)15(9)18)8-20-16(21)12-3-4-13(17)14(19)7-12/h3-7H,8,19H2,1-2H3,(H,20,21). The fraction of sp³-hybridized carbons (Fsp3) is 0.188. The van der Waals surface area contributed by atoms with Crippen LogP contribution in [0.2, 0.25) is 0 Å². The van der Waals surface area contributed by atoms with Gasteiger partial charge >= 0.3 is 0 Å². The van der Waals surface area contributed by atoms with E-state index in [0.717, 1.165) is 10.0 Å². The fourth-order valence-corrected chi connectivity index (χ4v) is 2.35. The molecule has 0 aliphatic heterocycles. The first-order valence-corrected chi connectivity index (χ1v) is 7.26. The lowest BCUT2D eigenvalue weighted by atomic mass is 10.1. The molecule has 3 N–H and O–H groups in total. The number of hydrogen-bond acceptors (Lipinski definition) is 2. The molecule has 0 spiro atoms. The molecule has 3 nitrogen and oxygen atoms in total. The van der Waals surface area contributed by atoms with E-state index in [4.69, 9.17) is 5.73 Å². The van der Waals surface area contributed by atoms with Crippen molar-refractivity contribution in [3.63, 3.8) is 0 Å². The van der Waals surface area contributed by atoms with Gasteiger partial charge in [-0.05, 0) is 64.7 Å². The topological polar surface area (TPSA) is 55.1 Å². The van der Waals surface area contributed by atoms with Crippen molar-refractivity contribution in [3.05, 3.63) is 62.9 Å². The zero-order valence-electron chi connectivity index (χ0n) is 11.8. The van der Waals surface area contributed by atoms with Crippen molar-refractivity contribution >= 4 is 27.5 Å². The molecule has 1 amide bonds. The highest BCUT2D eigenvalue weighted by atomic mass is 79.9. The van der Waals surface area contributed by atoms with Crippen LogP contribution in [0.15, 0.2) is 34.8 Å². The van der Waals surface area contributed by atoms with Gasteiger partial charge in [-0.1, -0.05) is 12.1 Å². The molecule has 0 saturated carbocycles. The molecule has 2 rings (SSSR count). The van der Waals surface area contributed by atoms with Gasteiger partial charge in [-0.15, -0.1) is 0 Å². The summed E-state index contributed by atoms with van der Waals surface area (Å²) in [5.41, 5.74) is 8.77. The van der Waals surface area contributed by atoms with E-state index in [9.17, 15) is 9.18 Å². The van der Waals surface area contributed by atoms with Crippen LogP contribution in [0.5, 0.6) is 0 Å². The summed E-state index contributed by atoms with van der Waals surface area (Å²) in [7, 11) is 0. The lowest BCUT2D eigenvalue weighted by Gasteiger charge is -2.09. The maximum absolute atomic E-state index is 13.6. The normalized spacial score (nSPS) is 10.5. The van der Waals surface area contributed by atoms with Crippen molar-refractivity contribution in [3.8, 4) is 0 Å². The highest BCUT2D eigenvalue weighted by Gasteiger charge is 2.09. The number of hydrogen-bond donors (Lipinski definition) is 2. The monoisotopic (exact) mass is 350 g/mol. The van der Waals surface area contributed by atoms with Crippen LogP contribution >= 0.6 is 15.9 Å². The molecule has 2 aromatic carbocycles. The van der Waals surface area contributed by atoms with Gasteiger partial charge in [0.05, 0.1) is 0 Å². The predicted octanol–water partition coefficient (Wildman–Crippen LogP) is 3.72. The Bertz CT molecular complexity index is 678. The molecule has 0 aliphatic rings. The molecule has 110 valence electrons.